The van der Waals surface area contributed by atoms with Gasteiger partial charge in [-0.1, -0.05) is 36.1 Å². The van der Waals surface area contributed by atoms with E-state index in [2.05, 4.69) is 0 Å². The summed E-state index contributed by atoms with van der Waals surface area (Å²) < 4.78 is 13.0. The number of amides is 2. The zero-order valence-corrected chi connectivity index (χ0v) is 13.9. The Morgan fingerprint density at radius 3 is 2.54 bits per heavy atom. The number of nitrogens with zero attached hydrogens (tertiary/aromatic N) is 1. The highest BCUT2D eigenvalue weighted by molar-refractivity contribution is 8.26. The van der Waals surface area contributed by atoms with Gasteiger partial charge >= 0.3 is 5.97 Å². The van der Waals surface area contributed by atoms with Gasteiger partial charge in [0.1, 0.15) is 16.2 Å². The lowest BCUT2D eigenvalue weighted by Gasteiger charge is -2.22. The van der Waals surface area contributed by atoms with Gasteiger partial charge in [-0.05, 0) is 30.2 Å². The van der Waals surface area contributed by atoms with Crippen LogP contribution in [0, 0.1) is 5.82 Å². The summed E-state index contributed by atoms with van der Waals surface area (Å²) in [6.45, 7) is 0. The summed E-state index contributed by atoms with van der Waals surface area (Å²) in [5, 5.41) is 9.31. The minimum atomic E-state index is -1.27. The normalized spacial score (nSPS) is 17.4. The maximum Gasteiger partial charge on any atom is 0.326 e. The van der Waals surface area contributed by atoms with Gasteiger partial charge in [-0.3, -0.25) is 14.5 Å². The van der Waals surface area contributed by atoms with Crippen molar-refractivity contribution in [1.82, 2.24) is 4.90 Å². The van der Waals surface area contributed by atoms with Crippen LogP contribution in [0.5, 0.6) is 0 Å². The minimum Gasteiger partial charge on any atom is -0.480 e. The first-order chi connectivity index (χ1) is 11.3. The number of benzene rings is 1. The third-order valence-corrected chi connectivity index (χ3v) is 4.58. The first-order valence-electron chi connectivity index (χ1n) is 6.83. The lowest BCUT2D eigenvalue weighted by molar-refractivity contribution is -0.145. The fourth-order valence-corrected chi connectivity index (χ4v) is 3.46. The van der Waals surface area contributed by atoms with E-state index >= 15 is 0 Å². The average molecular weight is 368 g/mol. The van der Waals surface area contributed by atoms with Gasteiger partial charge < -0.3 is 10.8 Å². The van der Waals surface area contributed by atoms with Crippen molar-refractivity contribution in [2.45, 2.75) is 18.9 Å². The van der Waals surface area contributed by atoms with Crippen molar-refractivity contribution < 1.29 is 23.9 Å². The van der Waals surface area contributed by atoms with E-state index < -0.39 is 29.6 Å². The molecule has 1 aromatic rings. The number of thioether (sulfide) groups is 1. The SMILES string of the molecule is NC(=O)CCC(C(=O)O)N1C(=O)/C(=C/c2ccc(F)cc2)SC1=S. The number of aliphatic carboxylic acids is 1. The Bertz CT molecular complexity index is 733. The highest BCUT2D eigenvalue weighted by atomic mass is 32.2. The zero-order chi connectivity index (χ0) is 17.9. The lowest BCUT2D eigenvalue weighted by Crippen LogP contribution is -2.44. The Hall–Kier alpha value is -2.26. The van der Waals surface area contributed by atoms with E-state index in [0.717, 1.165) is 16.7 Å². The quantitative estimate of drug-likeness (QED) is 0.586. The number of carboxylic acids is 1. The molecule has 0 aliphatic carbocycles. The molecular weight excluding hydrogens is 355 g/mol. The number of halogens is 1. The molecule has 1 aliphatic rings. The number of primary amides is 1. The summed E-state index contributed by atoms with van der Waals surface area (Å²) in [5.74, 6) is -2.90. The third-order valence-electron chi connectivity index (χ3n) is 3.25. The van der Waals surface area contributed by atoms with Gasteiger partial charge in [0.2, 0.25) is 5.91 Å². The van der Waals surface area contributed by atoms with Crippen LogP contribution >= 0.6 is 24.0 Å². The second kappa shape index (κ2) is 7.54. The summed E-state index contributed by atoms with van der Waals surface area (Å²) in [4.78, 5) is 36.0. The van der Waals surface area contributed by atoms with Crippen LogP contribution in [0.1, 0.15) is 18.4 Å². The summed E-state index contributed by atoms with van der Waals surface area (Å²) in [6, 6.07) is 4.22. The Balaban J connectivity index is 2.24. The summed E-state index contributed by atoms with van der Waals surface area (Å²) in [7, 11) is 0. The fourth-order valence-electron chi connectivity index (χ4n) is 2.10. The molecule has 24 heavy (non-hydrogen) atoms. The van der Waals surface area contributed by atoms with Gasteiger partial charge in [0.25, 0.3) is 5.91 Å². The smallest absolute Gasteiger partial charge is 0.326 e. The van der Waals surface area contributed by atoms with E-state index in [4.69, 9.17) is 18.0 Å². The molecule has 9 heteroatoms. The van der Waals surface area contributed by atoms with Crippen LogP contribution in [0.3, 0.4) is 0 Å². The molecule has 0 bridgehead atoms. The average Bonchev–Trinajstić information content (AvgIpc) is 2.77. The predicted octanol–water partition coefficient (Wildman–Crippen LogP) is 1.75. The summed E-state index contributed by atoms with van der Waals surface area (Å²) >= 11 is 6.05. The van der Waals surface area contributed by atoms with Crippen molar-refractivity contribution in [1.29, 1.82) is 0 Å². The molecule has 126 valence electrons. The van der Waals surface area contributed by atoms with Crippen molar-refractivity contribution in [2.24, 2.45) is 5.73 Å². The molecule has 0 aromatic heterocycles. The van der Waals surface area contributed by atoms with Crippen LogP contribution in [0.4, 0.5) is 4.39 Å². The molecule has 1 atom stereocenters. The zero-order valence-electron chi connectivity index (χ0n) is 12.3. The highest BCUT2D eigenvalue weighted by Gasteiger charge is 2.40. The summed E-state index contributed by atoms with van der Waals surface area (Å²) in [6.07, 6.45) is 1.21. The topological polar surface area (TPSA) is 101 Å². The van der Waals surface area contributed by atoms with Crippen LogP contribution < -0.4 is 5.73 Å². The van der Waals surface area contributed by atoms with E-state index in [-0.39, 0.29) is 22.1 Å². The first-order valence-corrected chi connectivity index (χ1v) is 8.06. The maximum absolute atomic E-state index is 12.9. The van der Waals surface area contributed by atoms with E-state index in [0.29, 0.717) is 5.56 Å². The van der Waals surface area contributed by atoms with E-state index in [1.54, 1.807) is 0 Å². The maximum atomic E-state index is 12.9. The Morgan fingerprint density at radius 1 is 1.38 bits per heavy atom. The second-order valence-corrected chi connectivity index (χ2v) is 6.64. The lowest BCUT2D eigenvalue weighted by atomic mass is 10.1. The van der Waals surface area contributed by atoms with Crippen molar-refractivity contribution in [2.75, 3.05) is 0 Å². The number of carboxylic acid groups (broad SMARTS) is 1. The van der Waals surface area contributed by atoms with E-state index in [1.807, 2.05) is 0 Å². The molecule has 0 radical (unpaired) electrons. The molecule has 0 saturated carbocycles. The van der Waals surface area contributed by atoms with Gasteiger partial charge in [-0.2, -0.15) is 0 Å². The molecule has 1 fully saturated rings. The van der Waals surface area contributed by atoms with Gasteiger partial charge in [0.15, 0.2) is 0 Å². The number of rotatable bonds is 6. The van der Waals surface area contributed by atoms with Gasteiger partial charge in [-0.15, -0.1) is 0 Å². The minimum absolute atomic E-state index is 0.0882. The number of nitrogens with two attached hydrogens (primary N) is 1. The van der Waals surface area contributed by atoms with Crippen LogP contribution in [0.25, 0.3) is 6.08 Å². The van der Waals surface area contributed by atoms with Crippen molar-refractivity contribution in [3.8, 4) is 0 Å². The van der Waals surface area contributed by atoms with Crippen LogP contribution in [0.2, 0.25) is 0 Å². The number of carbonyl (C=O) groups is 3. The molecule has 6 nitrogen and oxygen atoms in total. The highest BCUT2D eigenvalue weighted by Crippen LogP contribution is 2.34. The number of carbonyl (C=O) groups excluding carboxylic acids is 2. The van der Waals surface area contributed by atoms with Crippen molar-refractivity contribution >= 4 is 52.2 Å². The van der Waals surface area contributed by atoms with Crippen molar-refractivity contribution in [3.05, 3.63) is 40.6 Å². The predicted molar refractivity (Wildman–Crippen MR) is 91.3 cm³/mol. The van der Waals surface area contributed by atoms with Crippen LogP contribution in [-0.2, 0) is 14.4 Å². The largest absolute Gasteiger partial charge is 0.480 e. The molecular formula is C15H13FN2O4S2. The fraction of sp³-hybridized carbons (Fsp3) is 0.200. The molecule has 3 N–H and O–H groups in total. The Kier molecular flexibility index (Phi) is 5.68. The van der Waals surface area contributed by atoms with Crippen LogP contribution in [-0.4, -0.2) is 38.2 Å². The summed E-state index contributed by atoms with van der Waals surface area (Å²) in [5.41, 5.74) is 5.62. The number of hydrogen-bond donors (Lipinski definition) is 2. The third kappa shape index (κ3) is 4.18. The number of hydrogen-bond acceptors (Lipinski definition) is 5. The second-order valence-electron chi connectivity index (χ2n) is 4.96. The van der Waals surface area contributed by atoms with Crippen molar-refractivity contribution in [3.63, 3.8) is 0 Å². The molecule has 1 aromatic carbocycles. The van der Waals surface area contributed by atoms with Crippen LogP contribution in [0.15, 0.2) is 29.2 Å². The monoisotopic (exact) mass is 368 g/mol. The molecule has 1 unspecified atom stereocenters. The Morgan fingerprint density at radius 2 is 2.00 bits per heavy atom. The molecule has 1 saturated heterocycles. The first kappa shape index (κ1) is 18.1. The van der Waals surface area contributed by atoms with Gasteiger partial charge in [-0.25, -0.2) is 9.18 Å². The molecule has 1 aliphatic heterocycles. The van der Waals surface area contributed by atoms with E-state index in [1.165, 1.54) is 30.3 Å². The molecule has 1 heterocycles. The van der Waals surface area contributed by atoms with Gasteiger partial charge in [0, 0.05) is 6.42 Å². The Labute approximate surface area is 146 Å². The van der Waals surface area contributed by atoms with E-state index in [9.17, 15) is 23.9 Å². The van der Waals surface area contributed by atoms with Gasteiger partial charge in [0.05, 0.1) is 4.91 Å². The molecule has 2 rings (SSSR count). The standard InChI is InChI=1S/C15H13FN2O4S2/c16-9-3-1-8(2-4-9)7-11-13(20)18(15(23)24-11)10(14(21)22)5-6-12(17)19/h1-4,7,10H,5-6H2,(H2,17,19)(H,21,22)/b11-7-. The molecule has 0 spiro atoms. The number of thiocarbonyl (C=S) groups is 1. The molecule has 2 amide bonds.